The van der Waals surface area contributed by atoms with E-state index in [1.54, 1.807) is 12.1 Å². The Morgan fingerprint density at radius 3 is 2.24 bits per heavy atom. The van der Waals surface area contributed by atoms with Crippen LogP contribution in [0, 0.1) is 0 Å². The number of rotatable bonds is 2. The zero-order valence-electron chi connectivity index (χ0n) is 9.28. The molecule has 6 nitrogen and oxygen atoms in total. The van der Waals surface area contributed by atoms with Crippen molar-refractivity contribution < 1.29 is 13.5 Å². The summed E-state index contributed by atoms with van der Waals surface area (Å²) in [5, 5.41) is 14.7. The third-order valence-corrected chi connectivity index (χ3v) is 3.91. The summed E-state index contributed by atoms with van der Waals surface area (Å²) in [6.07, 6.45) is 0. The second-order valence-electron chi connectivity index (χ2n) is 3.92. The number of phenolic OH excluding ortho intramolecular Hbond substituents is 1. The summed E-state index contributed by atoms with van der Waals surface area (Å²) in [6.45, 7) is 1.72. The number of piperazine rings is 1. The van der Waals surface area contributed by atoms with Gasteiger partial charge in [-0.25, -0.2) is 5.14 Å². The summed E-state index contributed by atoms with van der Waals surface area (Å²) in [6, 6.07) is 7.00. The average Bonchev–Trinajstić information content (AvgIpc) is 2.29. The van der Waals surface area contributed by atoms with Crippen molar-refractivity contribution in [1.29, 1.82) is 0 Å². The Bertz CT molecular complexity index is 495. The molecule has 17 heavy (non-hydrogen) atoms. The smallest absolute Gasteiger partial charge is 0.277 e. The van der Waals surface area contributed by atoms with Gasteiger partial charge in [-0.2, -0.15) is 12.7 Å². The molecule has 0 aromatic heterocycles. The van der Waals surface area contributed by atoms with Gasteiger partial charge in [-0.3, -0.25) is 0 Å². The Kier molecular flexibility index (Phi) is 3.23. The van der Waals surface area contributed by atoms with E-state index in [0.29, 0.717) is 26.2 Å². The summed E-state index contributed by atoms with van der Waals surface area (Å²) in [4.78, 5) is 1.94. The Hall–Kier alpha value is -1.31. The van der Waals surface area contributed by atoms with E-state index in [1.165, 1.54) is 4.31 Å². The van der Waals surface area contributed by atoms with Crippen LogP contribution in [-0.2, 0) is 10.2 Å². The van der Waals surface area contributed by atoms with Crippen molar-refractivity contribution in [3.8, 4) is 5.75 Å². The fraction of sp³-hybridized carbons (Fsp3) is 0.400. The normalized spacial score (nSPS) is 18.3. The van der Waals surface area contributed by atoms with Gasteiger partial charge in [0.05, 0.1) is 5.69 Å². The molecule has 7 heteroatoms. The van der Waals surface area contributed by atoms with E-state index in [-0.39, 0.29) is 5.75 Å². The van der Waals surface area contributed by atoms with Gasteiger partial charge in [-0.1, -0.05) is 12.1 Å². The number of para-hydroxylation sites is 2. The van der Waals surface area contributed by atoms with E-state index >= 15 is 0 Å². The molecule has 0 radical (unpaired) electrons. The molecule has 0 amide bonds. The van der Waals surface area contributed by atoms with Crippen molar-refractivity contribution in [2.75, 3.05) is 31.1 Å². The molecule has 0 unspecified atom stereocenters. The minimum atomic E-state index is -3.60. The summed E-state index contributed by atoms with van der Waals surface area (Å²) in [5.74, 6) is 0.205. The van der Waals surface area contributed by atoms with Gasteiger partial charge in [0.1, 0.15) is 5.75 Å². The molecule has 0 spiro atoms. The summed E-state index contributed by atoms with van der Waals surface area (Å²) in [5.41, 5.74) is 0.724. The highest BCUT2D eigenvalue weighted by atomic mass is 32.2. The molecule has 0 saturated carbocycles. The Labute approximate surface area is 100 Å². The van der Waals surface area contributed by atoms with Gasteiger partial charge in [-0.15, -0.1) is 0 Å². The molecular weight excluding hydrogens is 242 g/mol. The van der Waals surface area contributed by atoms with Crippen molar-refractivity contribution in [2.45, 2.75) is 0 Å². The third kappa shape index (κ3) is 2.68. The first-order valence-corrected chi connectivity index (χ1v) is 6.79. The summed E-state index contributed by atoms with van der Waals surface area (Å²) < 4.78 is 23.5. The van der Waals surface area contributed by atoms with Gasteiger partial charge >= 0.3 is 0 Å². The summed E-state index contributed by atoms with van der Waals surface area (Å²) in [7, 11) is -3.60. The molecule has 2 rings (SSSR count). The molecular formula is C10H15N3O3S. The van der Waals surface area contributed by atoms with Crippen molar-refractivity contribution in [2.24, 2.45) is 5.14 Å². The second kappa shape index (κ2) is 4.52. The highest BCUT2D eigenvalue weighted by Crippen LogP contribution is 2.27. The van der Waals surface area contributed by atoms with Crippen LogP contribution in [0.15, 0.2) is 24.3 Å². The zero-order valence-corrected chi connectivity index (χ0v) is 10.1. The lowest BCUT2D eigenvalue weighted by Gasteiger charge is -2.34. The van der Waals surface area contributed by atoms with E-state index in [2.05, 4.69) is 0 Å². The number of aromatic hydroxyl groups is 1. The molecule has 3 N–H and O–H groups in total. The van der Waals surface area contributed by atoms with E-state index in [4.69, 9.17) is 5.14 Å². The molecule has 1 aliphatic heterocycles. The topological polar surface area (TPSA) is 86.9 Å². The van der Waals surface area contributed by atoms with E-state index in [0.717, 1.165) is 5.69 Å². The van der Waals surface area contributed by atoms with Crippen LogP contribution in [0.2, 0.25) is 0 Å². The van der Waals surface area contributed by atoms with Crippen molar-refractivity contribution in [1.82, 2.24) is 4.31 Å². The highest BCUT2D eigenvalue weighted by molar-refractivity contribution is 7.86. The minimum Gasteiger partial charge on any atom is -0.506 e. The number of hydrogen-bond donors (Lipinski definition) is 2. The predicted octanol–water partition coefficient (Wildman–Crippen LogP) is -0.282. The Morgan fingerprint density at radius 2 is 1.71 bits per heavy atom. The van der Waals surface area contributed by atoms with Gasteiger partial charge in [0.15, 0.2) is 0 Å². The maximum atomic E-state index is 11.1. The molecule has 1 saturated heterocycles. The molecule has 0 atom stereocenters. The molecule has 94 valence electrons. The van der Waals surface area contributed by atoms with Gasteiger partial charge in [0.25, 0.3) is 10.2 Å². The average molecular weight is 257 g/mol. The van der Waals surface area contributed by atoms with E-state index < -0.39 is 10.2 Å². The van der Waals surface area contributed by atoms with Crippen LogP contribution in [0.4, 0.5) is 5.69 Å². The lowest BCUT2D eigenvalue weighted by molar-refractivity contribution is 0.382. The third-order valence-electron chi connectivity index (χ3n) is 2.82. The quantitative estimate of drug-likeness (QED) is 0.762. The van der Waals surface area contributed by atoms with Gasteiger partial charge in [-0.05, 0) is 12.1 Å². The maximum Gasteiger partial charge on any atom is 0.277 e. The van der Waals surface area contributed by atoms with Crippen molar-refractivity contribution in [3.05, 3.63) is 24.3 Å². The van der Waals surface area contributed by atoms with Crippen LogP contribution in [0.1, 0.15) is 0 Å². The zero-order chi connectivity index (χ0) is 12.5. The van der Waals surface area contributed by atoms with Gasteiger partial charge in [0, 0.05) is 26.2 Å². The lowest BCUT2D eigenvalue weighted by Crippen LogP contribution is -2.50. The minimum absolute atomic E-state index is 0.205. The number of nitrogens with zero attached hydrogens (tertiary/aromatic N) is 2. The van der Waals surface area contributed by atoms with Crippen LogP contribution >= 0.6 is 0 Å². The molecule has 1 aromatic carbocycles. The molecule has 1 fully saturated rings. The fourth-order valence-electron chi connectivity index (χ4n) is 1.92. The Balaban J connectivity index is 2.08. The predicted molar refractivity (Wildman–Crippen MR) is 65.0 cm³/mol. The van der Waals surface area contributed by atoms with Crippen LogP contribution in [0.5, 0.6) is 5.75 Å². The second-order valence-corrected chi connectivity index (χ2v) is 5.47. The first-order valence-electron chi connectivity index (χ1n) is 5.29. The number of hydrogen-bond acceptors (Lipinski definition) is 4. The van der Waals surface area contributed by atoms with Crippen LogP contribution in [0.25, 0.3) is 0 Å². The van der Waals surface area contributed by atoms with Gasteiger partial charge < -0.3 is 10.0 Å². The lowest BCUT2D eigenvalue weighted by atomic mass is 10.2. The molecule has 1 aliphatic rings. The number of anilines is 1. The standard InChI is InChI=1S/C10H15N3O3S/c11-17(15,16)13-7-5-12(6-8-13)9-3-1-2-4-10(9)14/h1-4,14H,5-8H2,(H2,11,15,16). The van der Waals surface area contributed by atoms with Crippen molar-refractivity contribution in [3.63, 3.8) is 0 Å². The fourth-order valence-corrected chi connectivity index (χ4v) is 2.59. The maximum absolute atomic E-state index is 11.1. The highest BCUT2D eigenvalue weighted by Gasteiger charge is 2.24. The van der Waals surface area contributed by atoms with E-state index in [1.807, 2.05) is 17.0 Å². The molecule has 0 bridgehead atoms. The van der Waals surface area contributed by atoms with Crippen LogP contribution in [0.3, 0.4) is 0 Å². The number of phenols is 1. The first-order chi connectivity index (χ1) is 7.98. The monoisotopic (exact) mass is 257 g/mol. The molecule has 1 aromatic rings. The molecule has 0 aliphatic carbocycles. The van der Waals surface area contributed by atoms with Crippen LogP contribution < -0.4 is 10.0 Å². The van der Waals surface area contributed by atoms with Crippen molar-refractivity contribution >= 4 is 15.9 Å². The first kappa shape index (κ1) is 12.2. The number of benzene rings is 1. The largest absolute Gasteiger partial charge is 0.506 e. The SMILES string of the molecule is NS(=O)(=O)N1CCN(c2ccccc2O)CC1. The number of nitrogens with two attached hydrogens (primary N) is 1. The van der Waals surface area contributed by atoms with E-state index in [9.17, 15) is 13.5 Å². The summed E-state index contributed by atoms with van der Waals surface area (Å²) >= 11 is 0. The Morgan fingerprint density at radius 1 is 1.12 bits per heavy atom. The van der Waals surface area contributed by atoms with Gasteiger partial charge in [0.2, 0.25) is 0 Å². The van der Waals surface area contributed by atoms with Crippen LogP contribution in [-0.4, -0.2) is 44.0 Å². The molecule has 1 heterocycles.